The second-order valence-electron chi connectivity index (χ2n) is 4.46. The summed E-state index contributed by atoms with van der Waals surface area (Å²) in [6.07, 6.45) is 1.81. The van der Waals surface area contributed by atoms with E-state index < -0.39 is 5.97 Å². The van der Waals surface area contributed by atoms with E-state index in [0.29, 0.717) is 6.61 Å². The topological polar surface area (TPSA) is 34.3 Å². The third kappa shape index (κ3) is 4.04. The van der Waals surface area contributed by atoms with Gasteiger partial charge in [-0.3, -0.25) is 0 Å². The van der Waals surface area contributed by atoms with Crippen molar-refractivity contribution in [2.45, 2.75) is 25.7 Å². The van der Waals surface area contributed by atoms with Crippen LogP contribution in [-0.4, -0.2) is 44.8 Å². The molecule has 0 aliphatic carbocycles. The highest BCUT2D eigenvalue weighted by Crippen LogP contribution is 2.35. The molecule has 1 saturated heterocycles. The van der Waals surface area contributed by atoms with Crippen molar-refractivity contribution in [3.63, 3.8) is 0 Å². The van der Waals surface area contributed by atoms with Crippen molar-refractivity contribution in [2.24, 2.45) is 0 Å². The van der Waals surface area contributed by atoms with Crippen molar-refractivity contribution in [3.8, 4) is 0 Å². The molecule has 1 fully saturated rings. The van der Waals surface area contributed by atoms with Gasteiger partial charge in [-0.05, 0) is 6.42 Å². The molecule has 0 spiro atoms. The lowest BCUT2D eigenvalue weighted by atomic mass is 10.3. The van der Waals surface area contributed by atoms with Crippen LogP contribution in [0.1, 0.15) is 19.8 Å². The van der Waals surface area contributed by atoms with Crippen LogP contribution in [0.25, 0.3) is 0 Å². The first kappa shape index (κ1) is 10.9. The molecule has 0 aromatic rings. The summed E-state index contributed by atoms with van der Waals surface area (Å²) in [5.41, 5.74) is 0. The highest BCUT2D eigenvalue weighted by atomic mass is 17.4. The Bertz CT molecular complexity index is 161. The maximum Gasteiger partial charge on any atom is 0.340 e. The molecule has 0 N–H and O–H groups in total. The van der Waals surface area contributed by atoms with Crippen LogP contribution in [-0.2, 0) is 14.5 Å². The van der Waals surface area contributed by atoms with E-state index in [0.717, 1.165) is 23.9 Å². The lowest BCUT2D eigenvalue weighted by Crippen LogP contribution is -2.38. The molecule has 13 heavy (non-hydrogen) atoms. The second-order valence-corrected chi connectivity index (χ2v) is 4.46. The van der Waals surface area contributed by atoms with Gasteiger partial charge in [-0.2, -0.15) is 9.78 Å². The number of rotatable bonds is 6. The lowest BCUT2D eigenvalue weighted by molar-refractivity contribution is -0.871. The van der Waals surface area contributed by atoms with Gasteiger partial charge in [0.05, 0.1) is 21.1 Å². The Hall–Kier alpha value is -0.160. The lowest BCUT2D eigenvalue weighted by Gasteiger charge is -2.23. The third-order valence-corrected chi connectivity index (χ3v) is 1.91. The molecule has 78 valence electrons. The van der Waals surface area contributed by atoms with Crippen LogP contribution < -0.4 is 0 Å². The van der Waals surface area contributed by atoms with Gasteiger partial charge in [-0.25, -0.2) is 0 Å². The molecule has 0 saturated carbocycles. The molecule has 0 unspecified atom stereocenters. The highest BCUT2D eigenvalue weighted by Gasteiger charge is 2.50. The highest BCUT2D eigenvalue weighted by molar-refractivity contribution is 4.59. The van der Waals surface area contributed by atoms with Gasteiger partial charge in [0.25, 0.3) is 0 Å². The summed E-state index contributed by atoms with van der Waals surface area (Å²) >= 11 is 0. The molecule has 4 heteroatoms. The Balaban J connectivity index is 2.12. The zero-order valence-electron chi connectivity index (χ0n) is 9.00. The maximum absolute atomic E-state index is 5.50. The van der Waals surface area contributed by atoms with Gasteiger partial charge >= 0.3 is 5.97 Å². The van der Waals surface area contributed by atoms with E-state index in [1.165, 1.54) is 0 Å². The summed E-state index contributed by atoms with van der Waals surface area (Å²) in [7, 11) is 6.39. The average Bonchev–Trinajstić information content (AvgIpc) is 2.67. The van der Waals surface area contributed by atoms with Crippen LogP contribution in [0.4, 0.5) is 0 Å². The largest absolute Gasteiger partial charge is 0.340 e. The molecule has 0 aromatic carbocycles. The van der Waals surface area contributed by atoms with Crippen molar-refractivity contribution in [2.75, 3.05) is 34.3 Å². The predicted molar refractivity (Wildman–Crippen MR) is 48.7 cm³/mol. The van der Waals surface area contributed by atoms with Crippen LogP contribution in [0.15, 0.2) is 0 Å². The number of likely N-dealkylation sites (N-methyl/N-ethyl adjacent to an activating group) is 1. The van der Waals surface area contributed by atoms with Crippen molar-refractivity contribution in [1.82, 2.24) is 0 Å². The summed E-state index contributed by atoms with van der Waals surface area (Å²) in [5.74, 6) is -0.691. The smallest absolute Gasteiger partial charge is 0.329 e. The molecule has 1 heterocycles. The first-order valence-electron chi connectivity index (χ1n) is 4.79. The molecule has 0 aromatic heterocycles. The van der Waals surface area contributed by atoms with Crippen LogP contribution in [0.5, 0.6) is 0 Å². The standard InChI is InChI=1S/C9H20NO3/c1-5-6-9(12-13-9)11-8-7-10(2,3)4/h5-8H2,1-4H3/q+1. The number of quaternary nitrogens is 1. The number of hydrogen-bond acceptors (Lipinski definition) is 3. The minimum absolute atomic E-state index is 0.670. The Morgan fingerprint density at radius 2 is 1.85 bits per heavy atom. The van der Waals surface area contributed by atoms with Crippen molar-refractivity contribution >= 4 is 0 Å². The molecule has 1 rings (SSSR count). The van der Waals surface area contributed by atoms with E-state index in [1.807, 2.05) is 0 Å². The van der Waals surface area contributed by atoms with Crippen LogP contribution in [0, 0.1) is 0 Å². The van der Waals surface area contributed by atoms with E-state index in [1.54, 1.807) is 0 Å². The van der Waals surface area contributed by atoms with Gasteiger partial charge in [0.1, 0.15) is 13.2 Å². The van der Waals surface area contributed by atoms with E-state index >= 15 is 0 Å². The fraction of sp³-hybridized carbons (Fsp3) is 1.00. The van der Waals surface area contributed by atoms with Gasteiger partial charge in [0.15, 0.2) is 0 Å². The molecule has 0 bridgehead atoms. The first-order chi connectivity index (χ1) is 5.97. The predicted octanol–water partition coefficient (Wildman–Crippen LogP) is 1.12. The molecule has 0 radical (unpaired) electrons. The molecule has 1 aliphatic heterocycles. The Kier molecular flexibility index (Phi) is 3.29. The Morgan fingerprint density at radius 3 is 2.23 bits per heavy atom. The van der Waals surface area contributed by atoms with Gasteiger partial charge in [0.2, 0.25) is 0 Å². The minimum Gasteiger partial charge on any atom is -0.329 e. The fourth-order valence-corrected chi connectivity index (χ4v) is 1.03. The SMILES string of the molecule is CCCC1(OCC[N+](C)(C)C)OO1. The average molecular weight is 190 g/mol. The van der Waals surface area contributed by atoms with Gasteiger partial charge in [0, 0.05) is 6.42 Å². The minimum atomic E-state index is -0.691. The first-order valence-corrected chi connectivity index (χ1v) is 4.79. The van der Waals surface area contributed by atoms with Crippen LogP contribution in [0.2, 0.25) is 0 Å². The Morgan fingerprint density at radius 1 is 1.23 bits per heavy atom. The van der Waals surface area contributed by atoms with Gasteiger partial charge < -0.3 is 9.22 Å². The van der Waals surface area contributed by atoms with Crippen molar-refractivity contribution in [3.05, 3.63) is 0 Å². The number of hydrogen-bond donors (Lipinski definition) is 0. The fourth-order valence-electron chi connectivity index (χ4n) is 1.03. The van der Waals surface area contributed by atoms with E-state index in [4.69, 9.17) is 14.5 Å². The zero-order chi connectivity index (χ0) is 9.95. The molecule has 1 aliphatic rings. The molecular weight excluding hydrogens is 170 g/mol. The van der Waals surface area contributed by atoms with E-state index in [2.05, 4.69) is 28.1 Å². The van der Waals surface area contributed by atoms with E-state index in [9.17, 15) is 0 Å². The van der Waals surface area contributed by atoms with Gasteiger partial charge in [-0.1, -0.05) is 6.92 Å². The monoisotopic (exact) mass is 190 g/mol. The summed E-state index contributed by atoms with van der Waals surface area (Å²) in [4.78, 5) is 9.64. The Labute approximate surface area is 79.9 Å². The maximum atomic E-state index is 5.50. The van der Waals surface area contributed by atoms with Crippen LogP contribution in [0.3, 0.4) is 0 Å². The molecule has 0 atom stereocenters. The number of nitrogens with zero attached hydrogens (tertiary/aromatic N) is 1. The summed E-state index contributed by atoms with van der Waals surface area (Å²) in [6.45, 7) is 3.71. The summed E-state index contributed by atoms with van der Waals surface area (Å²) in [5, 5.41) is 0. The van der Waals surface area contributed by atoms with Crippen molar-refractivity contribution < 1.29 is 19.0 Å². The van der Waals surface area contributed by atoms with E-state index in [-0.39, 0.29) is 0 Å². The third-order valence-electron chi connectivity index (χ3n) is 1.91. The molecule has 4 nitrogen and oxygen atoms in total. The summed E-state index contributed by atoms with van der Waals surface area (Å²) < 4.78 is 6.39. The summed E-state index contributed by atoms with van der Waals surface area (Å²) in [6, 6.07) is 0. The molecular formula is C9H20NO3+. The number of ether oxygens (including phenoxy) is 1. The van der Waals surface area contributed by atoms with Crippen LogP contribution >= 0.6 is 0 Å². The van der Waals surface area contributed by atoms with Crippen molar-refractivity contribution in [1.29, 1.82) is 0 Å². The zero-order valence-corrected chi connectivity index (χ0v) is 9.00. The quantitative estimate of drug-likeness (QED) is 0.357. The second kappa shape index (κ2) is 3.92. The van der Waals surface area contributed by atoms with Gasteiger partial charge in [-0.15, -0.1) is 0 Å². The normalized spacial score (nSPS) is 20.3. The molecule has 0 amide bonds.